The first-order chi connectivity index (χ1) is 8.60. The fourth-order valence-electron chi connectivity index (χ4n) is 1.37. The third-order valence-electron chi connectivity index (χ3n) is 2.17. The second-order valence-corrected chi connectivity index (χ2v) is 8.13. The lowest BCUT2D eigenvalue weighted by molar-refractivity contribution is -0.154. The summed E-state index contributed by atoms with van der Waals surface area (Å²) < 4.78 is 29.9. The van der Waals surface area contributed by atoms with Crippen molar-refractivity contribution in [2.75, 3.05) is 5.75 Å². The Balaban J connectivity index is 2.66. The summed E-state index contributed by atoms with van der Waals surface area (Å²) in [5.74, 6) is -0.753. The van der Waals surface area contributed by atoms with Gasteiger partial charge in [-0.1, -0.05) is 15.9 Å². The third kappa shape index (κ3) is 5.74. The van der Waals surface area contributed by atoms with E-state index >= 15 is 0 Å². The summed E-state index contributed by atoms with van der Waals surface area (Å²) in [7, 11) is -3.45. The van der Waals surface area contributed by atoms with Gasteiger partial charge in [0.15, 0.2) is 9.84 Å². The van der Waals surface area contributed by atoms with E-state index in [1.165, 1.54) is 12.1 Å². The average molecular weight is 349 g/mol. The predicted molar refractivity (Wildman–Crippen MR) is 76.7 cm³/mol. The molecular weight excluding hydrogens is 332 g/mol. The highest BCUT2D eigenvalue weighted by atomic mass is 79.9. The number of carbonyl (C=O) groups is 1. The van der Waals surface area contributed by atoms with Crippen LogP contribution in [0.5, 0.6) is 0 Å². The van der Waals surface area contributed by atoms with E-state index in [4.69, 9.17) is 4.74 Å². The second-order valence-electron chi connectivity index (χ2n) is 5.11. The van der Waals surface area contributed by atoms with Gasteiger partial charge in [0, 0.05) is 4.47 Å². The molecule has 19 heavy (non-hydrogen) atoms. The molecule has 0 unspecified atom stereocenters. The summed E-state index contributed by atoms with van der Waals surface area (Å²) in [6, 6.07) is 6.32. The zero-order valence-electron chi connectivity index (χ0n) is 11.1. The Morgan fingerprint density at radius 1 is 1.21 bits per heavy atom. The van der Waals surface area contributed by atoms with E-state index in [0.29, 0.717) is 0 Å². The largest absolute Gasteiger partial charge is 0.460 e. The van der Waals surface area contributed by atoms with Crippen LogP contribution in [-0.2, 0) is 19.4 Å². The van der Waals surface area contributed by atoms with Crippen molar-refractivity contribution in [3.8, 4) is 0 Å². The maximum Gasteiger partial charge on any atom is 0.307 e. The van der Waals surface area contributed by atoms with Gasteiger partial charge in [-0.3, -0.25) is 4.79 Å². The van der Waals surface area contributed by atoms with Gasteiger partial charge in [0.05, 0.1) is 17.1 Å². The molecular formula is C13H17BrO4S. The SMILES string of the molecule is CC(C)(C)OC(=O)CCS(=O)(=O)c1ccc(Br)cc1. The first kappa shape index (κ1) is 16.2. The summed E-state index contributed by atoms with van der Waals surface area (Å²) in [6.45, 7) is 5.23. The molecule has 0 heterocycles. The maximum absolute atomic E-state index is 12.0. The molecule has 0 atom stereocenters. The van der Waals surface area contributed by atoms with Gasteiger partial charge >= 0.3 is 5.97 Å². The van der Waals surface area contributed by atoms with Crippen molar-refractivity contribution >= 4 is 31.7 Å². The number of hydrogen-bond acceptors (Lipinski definition) is 4. The van der Waals surface area contributed by atoms with Crippen molar-refractivity contribution < 1.29 is 17.9 Å². The van der Waals surface area contributed by atoms with Crippen molar-refractivity contribution in [2.24, 2.45) is 0 Å². The van der Waals surface area contributed by atoms with Crippen molar-refractivity contribution in [3.63, 3.8) is 0 Å². The molecule has 4 nitrogen and oxygen atoms in total. The molecule has 0 fully saturated rings. The molecule has 106 valence electrons. The lowest BCUT2D eigenvalue weighted by Gasteiger charge is -2.19. The molecule has 0 bridgehead atoms. The van der Waals surface area contributed by atoms with Crippen LogP contribution in [0, 0.1) is 0 Å². The van der Waals surface area contributed by atoms with Crippen LogP contribution in [0.2, 0.25) is 0 Å². The quantitative estimate of drug-likeness (QED) is 0.784. The Morgan fingerprint density at radius 2 is 1.74 bits per heavy atom. The van der Waals surface area contributed by atoms with Crippen molar-refractivity contribution in [2.45, 2.75) is 37.7 Å². The van der Waals surface area contributed by atoms with E-state index < -0.39 is 21.4 Å². The van der Waals surface area contributed by atoms with Crippen LogP contribution in [-0.4, -0.2) is 25.7 Å². The molecule has 0 aliphatic carbocycles. The molecule has 0 aromatic heterocycles. The minimum absolute atomic E-state index is 0.143. The Bertz CT molecular complexity index is 541. The van der Waals surface area contributed by atoms with Crippen molar-refractivity contribution in [3.05, 3.63) is 28.7 Å². The highest BCUT2D eigenvalue weighted by molar-refractivity contribution is 9.10. The number of esters is 1. The van der Waals surface area contributed by atoms with Crippen molar-refractivity contribution in [1.29, 1.82) is 0 Å². The molecule has 0 N–H and O–H groups in total. The smallest absolute Gasteiger partial charge is 0.307 e. The van der Waals surface area contributed by atoms with E-state index in [-0.39, 0.29) is 17.1 Å². The molecule has 0 aliphatic rings. The van der Waals surface area contributed by atoms with Crippen LogP contribution in [0.25, 0.3) is 0 Å². The standard InChI is InChI=1S/C13H17BrO4S/c1-13(2,3)18-12(15)8-9-19(16,17)11-6-4-10(14)5-7-11/h4-7H,8-9H2,1-3H3. The van der Waals surface area contributed by atoms with Gasteiger partial charge in [-0.15, -0.1) is 0 Å². The number of rotatable bonds is 4. The summed E-state index contributed by atoms with van der Waals surface area (Å²) in [5.41, 5.74) is -0.599. The van der Waals surface area contributed by atoms with Gasteiger partial charge in [-0.2, -0.15) is 0 Å². The molecule has 1 aromatic carbocycles. The Hall–Kier alpha value is -0.880. The molecule has 0 amide bonds. The van der Waals surface area contributed by atoms with E-state index in [1.54, 1.807) is 32.9 Å². The predicted octanol–water partition coefficient (Wildman–Crippen LogP) is 2.95. The minimum atomic E-state index is -3.45. The summed E-state index contributed by atoms with van der Waals surface area (Å²) in [5, 5.41) is 0. The summed E-state index contributed by atoms with van der Waals surface area (Å²) in [4.78, 5) is 11.7. The molecule has 6 heteroatoms. The maximum atomic E-state index is 12.0. The van der Waals surface area contributed by atoms with Crippen LogP contribution >= 0.6 is 15.9 Å². The number of carbonyl (C=O) groups excluding carboxylic acids is 1. The normalized spacial score (nSPS) is 12.2. The van der Waals surface area contributed by atoms with Gasteiger partial charge in [-0.25, -0.2) is 8.42 Å². The monoisotopic (exact) mass is 348 g/mol. The zero-order valence-corrected chi connectivity index (χ0v) is 13.5. The van der Waals surface area contributed by atoms with Gasteiger partial charge in [-0.05, 0) is 45.0 Å². The van der Waals surface area contributed by atoms with Crippen LogP contribution < -0.4 is 0 Å². The fourth-order valence-corrected chi connectivity index (χ4v) is 2.86. The molecule has 0 radical (unpaired) electrons. The van der Waals surface area contributed by atoms with Gasteiger partial charge in [0.1, 0.15) is 5.60 Å². The highest BCUT2D eigenvalue weighted by Crippen LogP contribution is 2.17. The molecule has 0 aliphatic heterocycles. The Kier molecular flexibility index (Phi) is 5.15. The zero-order chi connectivity index (χ0) is 14.7. The summed E-state index contributed by atoms with van der Waals surface area (Å²) >= 11 is 3.24. The Labute approximate surface area is 122 Å². The fraction of sp³-hybridized carbons (Fsp3) is 0.462. The number of sulfone groups is 1. The van der Waals surface area contributed by atoms with Gasteiger partial charge in [0.2, 0.25) is 0 Å². The van der Waals surface area contributed by atoms with Crippen molar-refractivity contribution in [1.82, 2.24) is 0 Å². The Morgan fingerprint density at radius 3 is 2.21 bits per heavy atom. The number of hydrogen-bond donors (Lipinski definition) is 0. The lowest BCUT2D eigenvalue weighted by atomic mass is 10.2. The van der Waals surface area contributed by atoms with Gasteiger partial charge < -0.3 is 4.74 Å². The molecule has 1 rings (SSSR count). The van der Waals surface area contributed by atoms with E-state index in [1.807, 2.05) is 0 Å². The molecule has 0 spiro atoms. The molecule has 0 saturated heterocycles. The number of halogens is 1. The van der Waals surface area contributed by atoms with Gasteiger partial charge in [0.25, 0.3) is 0 Å². The second kappa shape index (κ2) is 6.05. The number of ether oxygens (including phenoxy) is 1. The molecule has 1 aromatic rings. The van der Waals surface area contributed by atoms with Crippen LogP contribution in [0.1, 0.15) is 27.2 Å². The average Bonchev–Trinajstić information content (AvgIpc) is 2.25. The third-order valence-corrected chi connectivity index (χ3v) is 4.43. The first-order valence-corrected chi connectivity index (χ1v) is 8.25. The van der Waals surface area contributed by atoms with E-state index in [2.05, 4.69) is 15.9 Å². The van der Waals surface area contributed by atoms with Crippen LogP contribution in [0.15, 0.2) is 33.6 Å². The highest BCUT2D eigenvalue weighted by Gasteiger charge is 2.20. The van der Waals surface area contributed by atoms with E-state index in [9.17, 15) is 13.2 Å². The lowest BCUT2D eigenvalue weighted by Crippen LogP contribution is -2.25. The van der Waals surface area contributed by atoms with Crippen LogP contribution in [0.4, 0.5) is 0 Å². The topological polar surface area (TPSA) is 60.4 Å². The van der Waals surface area contributed by atoms with E-state index in [0.717, 1.165) is 4.47 Å². The molecule has 0 saturated carbocycles. The number of benzene rings is 1. The van der Waals surface area contributed by atoms with Crippen LogP contribution in [0.3, 0.4) is 0 Å². The summed E-state index contributed by atoms with van der Waals surface area (Å²) in [6.07, 6.45) is -0.143. The minimum Gasteiger partial charge on any atom is -0.460 e. The first-order valence-electron chi connectivity index (χ1n) is 5.80.